The molecule has 2 atom stereocenters. The van der Waals surface area contributed by atoms with Crippen LogP contribution in [0.4, 0.5) is 0 Å². The summed E-state index contributed by atoms with van der Waals surface area (Å²) in [7, 11) is 5.91. The highest BCUT2D eigenvalue weighted by molar-refractivity contribution is 5.70. The van der Waals surface area contributed by atoms with Gasteiger partial charge in [0.25, 0.3) is 0 Å². The second kappa shape index (κ2) is 44.4. The molecule has 0 N–H and O–H groups in total. The smallest absolute Gasteiger partial charge is 0.306 e. The SMILES string of the molecule is CCCCCCCC/C=C\CCCCCCCC(=O)OCC(COC(OCC[N+](C)(C)C)C(=O)[O-])OC(=O)CCCCCCCCCCC/C=C\CCCCCCCCCC. The number of carbonyl (C=O) groups excluding carboxylic acids is 3. The van der Waals surface area contributed by atoms with E-state index >= 15 is 0 Å². The Bertz CT molecular complexity index is 1050. The molecule has 0 aromatic carbocycles. The number of aliphatic carboxylic acids is 1. The van der Waals surface area contributed by atoms with Crippen molar-refractivity contribution in [2.24, 2.45) is 0 Å². The van der Waals surface area contributed by atoms with Gasteiger partial charge in [0.1, 0.15) is 13.2 Å². The predicted molar refractivity (Wildman–Crippen MR) is 251 cm³/mol. The molecule has 0 aromatic rings. The Kier molecular flexibility index (Phi) is 42.8. The zero-order chi connectivity index (χ0) is 44.9. The molecule has 0 aliphatic rings. The second-order valence-corrected chi connectivity index (χ2v) is 18.5. The normalized spacial score (nSPS) is 13.0. The molecule has 2 unspecified atom stereocenters. The van der Waals surface area contributed by atoms with Gasteiger partial charge in [-0.1, -0.05) is 179 Å². The molecule has 0 spiro atoms. The fraction of sp³-hybridized carbons (Fsp3) is 0.865. The summed E-state index contributed by atoms with van der Waals surface area (Å²) in [6.45, 7) is 4.75. The van der Waals surface area contributed by atoms with Crippen LogP contribution in [-0.2, 0) is 33.3 Å². The highest BCUT2D eigenvalue weighted by Gasteiger charge is 2.22. The predicted octanol–water partition coefficient (Wildman–Crippen LogP) is 12.7. The number of esters is 2. The van der Waals surface area contributed by atoms with Gasteiger partial charge in [-0.25, -0.2) is 0 Å². The van der Waals surface area contributed by atoms with E-state index < -0.39 is 24.3 Å². The van der Waals surface area contributed by atoms with Crippen molar-refractivity contribution in [1.82, 2.24) is 0 Å². The van der Waals surface area contributed by atoms with Gasteiger partial charge < -0.3 is 33.3 Å². The molecule has 0 radical (unpaired) electrons. The Balaban J connectivity index is 4.33. The first kappa shape index (κ1) is 58.8. The van der Waals surface area contributed by atoms with Gasteiger partial charge in [0.15, 0.2) is 12.4 Å². The number of carbonyl (C=O) groups is 3. The molecular weight excluding hydrogens is 767 g/mol. The summed E-state index contributed by atoms with van der Waals surface area (Å²) in [4.78, 5) is 37.1. The van der Waals surface area contributed by atoms with E-state index in [0.29, 0.717) is 17.4 Å². The summed E-state index contributed by atoms with van der Waals surface area (Å²) in [5.41, 5.74) is 0. The number of carboxylic acid groups (broad SMARTS) is 1. The third-order valence-corrected chi connectivity index (χ3v) is 11.2. The number of carboxylic acids is 1. The lowest BCUT2D eigenvalue weighted by Crippen LogP contribution is -2.44. The highest BCUT2D eigenvalue weighted by Crippen LogP contribution is 2.15. The Morgan fingerprint density at radius 1 is 0.475 bits per heavy atom. The third-order valence-electron chi connectivity index (χ3n) is 11.2. The van der Waals surface area contributed by atoms with Crippen LogP contribution in [0.15, 0.2) is 24.3 Å². The maximum atomic E-state index is 12.8. The zero-order valence-corrected chi connectivity index (χ0v) is 40.5. The van der Waals surface area contributed by atoms with Crippen LogP contribution < -0.4 is 5.11 Å². The lowest BCUT2D eigenvalue weighted by molar-refractivity contribution is -0.870. The number of rotatable bonds is 47. The first-order valence-electron chi connectivity index (χ1n) is 25.5. The number of ether oxygens (including phenoxy) is 4. The quantitative estimate of drug-likeness (QED) is 0.0195. The van der Waals surface area contributed by atoms with Crippen LogP contribution in [0.25, 0.3) is 0 Å². The van der Waals surface area contributed by atoms with Crippen LogP contribution in [0, 0.1) is 0 Å². The van der Waals surface area contributed by atoms with Gasteiger partial charge in [-0.05, 0) is 64.2 Å². The Morgan fingerprint density at radius 3 is 1.21 bits per heavy atom. The van der Waals surface area contributed by atoms with E-state index in [1.54, 1.807) is 0 Å². The van der Waals surface area contributed by atoms with Crippen molar-refractivity contribution in [1.29, 1.82) is 0 Å². The van der Waals surface area contributed by atoms with E-state index in [2.05, 4.69) is 38.2 Å². The Labute approximate surface area is 376 Å². The first-order chi connectivity index (χ1) is 29.6. The van der Waals surface area contributed by atoms with Crippen molar-refractivity contribution in [3.63, 3.8) is 0 Å². The lowest BCUT2D eigenvalue weighted by Gasteiger charge is -2.26. The molecular formula is C52H97NO8. The molecule has 0 bridgehead atoms. The van der Waals surface area contributed by atoms with Crippen LogP contribution in [0.1, 0.15) is 232 Å². The highest BCUT2D eigenvalue weighted by atomic mass is 16.7. The molecule has 61 heavy (non-hydrogen) atoms. The van der Waals surface area contributed by atoms with Gasteiger partial charge in [0.05, 0.1) is 40.3 Å². The van der Waals surface area contributed by atoms with Gasteiger partial charge in [0, 0.05) is 12.8 Å². The van der Waals surface area contributed by atoms with Crippen LogP contribution in [0.2, 0.25) is 0 Å². The molecule has 0 amide bonds. The second-order valence-electron chi connectivity index (χ2n) is 18.5. The molecule has 358 valence electrons. The number of hydrogen-bond donors (Lipinski definition) is 0. The molecule has 0 rings (SSSR count). The van der Waals surface area contributed by atoms with Crippen molar-refractivity contribution in [3.8, 4) is 0 Å². The number of unbranched alkanes of at least 4 members (excludes halogenated alkanes) is 28. The molecule has 9 nitrogen and oxygen atoms in total. The van der Waals surface area contributed by atoms with Crippen molar-refractivity contribution >= 4 is 17.9 Å². The third kappa shape index (κ3) is 45.6. The number of quaternary nitrogens is 1. The molecule has 0 heterocycles. The molecule has 0 saturated carbocycles. The van der Waals surface area contributed by atoms with Gasteiger partial charge >= 0.3 is 11.9 Å². The van der Waals surface area contributed by atoms with Crippen LogP contribution in [0.3, 0.4) is 0 Å². The number of likely N-dealkylation sites (N-methyl/N-ethyl adjacent to an activating group) is 1. The first-order valence-corrected chi connectivity index (χ1v) is 25.5. The molecule has 0 aromatic heterocycles. The minimum absolute atomic E-state index is 0.147. The van der Waals surface area contributed by atoms with Crippen molar-refractivity contribution in [2.75, 3.05) is 47.5 Å². The summed E-state index contributed by atoms with van der Waals surface area (Å²) in [6, 6.07) is 0. The van der Waals surface area contributed by atoms with E-state index in [1.165, 1.54) is 141 Å². The average molecular weight is 864 g/mol. The van der Waals surface area contributed by atoms with Gasteiger partial charge in [-0.2, -0.15) is 0 Å². The van der Waals surface area contributed by atoms with Gasteiger partial charge in [-0.3, -0.25) is 9.59 Å². The minimum atomic E-state index is -1.62. The molecule has 9 heteroatoms. The molecule has 0 aliphatic heterocycles. The van der Waals surface area contributed by atoms with Crippen LogP contribution >= 0.6 is 0 Å². The zero-order valence-electron chi connectivity index (χ0n) is 40.5. The van der Waals surface area contributed by atoms with E-state index in [9.17, 15) is 19.5 Å². The summed E-state index contributed by atoms with van der Waals surface area (Å²) in [5.74, 6) is -2.29. The standard InChI is InChI=1S/C52H97NO8/c1-6-8-10-12-14-16-18-20-22-23-24-25-26-27-29-31-33-35-37-39-41-43-50(55)61-48(47-60-52(51(56)57)58-45-44-53(3,4)5)46-59-49(54)42-40-38-36-34-32-30-28-21-19-17-15-13-11-9-7-2/h21,23-24,28,48,52H,6-20,22,25-27,29-47H2,1-5H3/b24-23-,28-21-. The number of allylic oxidation sites excluding steroid dienone is 4. The minimum Gasteiger partial charge on any atom is -0.545 e. The largest absolute Gasteiger partial charge is 0.545 e. The fourth-order valence-electron chi connectivity index (χ4n) is 7.17. The maximum Gasteiger partial charge on any atom is 0.306 e. The summed E-state index contributed by atoms with van der Waals surface area (Å²) in [6.07, 6.45) is 46.4. The summed E-state index contributed by atoms with van der Waals surface area (Å²) >= 11 is 0. The van der Waals surface area contributed by atoms with Gasteiger partial charge in [-0.15, -0.1) is 0 Å². The van der Waals surface area contributed by atoms with Crippen LogP contribution in [0.5, 0.6) is 0 Å². The van der Waals surface area contributed by atoms with Gasteiger partial charge in [0.2, 0.25) is 0 Å². The van der Waals surface area contributed by atoms with Crippen molar-refractivity contribution < 1.29 is 42.9 Å². The fourth-order valence-corrected chi connectivity index (χ4v) is 7.17. The van der Waals surface area contributed by atoms with Crippen LogP contribution in [-0.4, -0.2) is 82.3 Å². The van der Waals surface area contributed by atoms with E-state index in [-0.39, 0.29) is 38.6 Å². The molecule has 0 saturated heterocycles. The van der Waals surface area contributed by atoms with E-state index in [4.69, 9.17) is 18.9 Å². The Hall–Kier alpha value is -2.23. The Morgan fingerprint density at radius 2 is 0.836 bits per heavy atom. The monoisotopic (exact) mass is 864 g/mol. The van der Waals surface area contributed by atoms with Crippen molar-refractivity contribution in [2.45, 2.75) is 245 Å². The molecule has 0 aliphatic carbocycles. The van der Waals surface area contributed by atoms with E-state index in [1.807, 2.05) is 21.1 Å². The average Bonchev–Trinajstić information content (AvgIpc) is 3.22. The van der Waals surface area contributed by atoms with E-state index in [0.717, 1.165) is 57.8 Å². The molecule has 0 fully saturated rings. The number of hydrogen-bond acceptors (Lipinski definition) is 8. The summed E-state index contributed by atoms with van der Waals surface area (Å²) < 4.78 is 22.6. The summed E-state index contributed by atoms with van der Waals surface area (Å²) in [5, 5.41) is 11.7. The maximum absolute atomic E-state index is 12.8. The lowest BCUT2D eigenvalue weighted by atomic mass is 10.1. The van der Waals surface area contributed by atoms with Crippen molar-refractivity contribution in [3.05, 3.63) is 24.3 Å². The number of nitrogens with zero attached hydrogens (tertiary/aromatic N) is 1. The topological polar surface area (TPSA) is 111 Å².